The van der Waals surface area contributed by atoms with Crippen LogP contribution in [0.4, 0.5) is 0 Å². The first kappa shape index (κ1) is 84.4. The summed E-state index contributed by atoms with van der Waals surface area (Å²) in [6, 6.07) is 0.662. The molecule has 84 heavy (non-hydrogen) atoms. The van der Waals surface area contributed by atoms with Crippen LogP contribution in [-0.2, 0) is 23.9 Å². The van der Waals surface area contributed by atoms with Crippen molar-refractivity contribution in [1.29, 1.82) is 0 Å². The van der Waals surface area contributed by atoms with Crippen LogP contribution in [0.1, 0.15) is 434 Å². The maximum Gasteiger partial charge on any atom is 0.330 e. The van der Waals surface area contributed by atoms with Crippen LogP contribution in [0.5, 0.6) is 0 Å². The predicted molar refractivity (Wildman–Crippen MR) is 372 cm³/mol. The van der Waals surface area contributed by atoms with Crippen molar-refractivity contribution in [1.82, 2.24) is 5.32 Å². The summed E-state index contributed by atoms with van der Waals surface area (Å²) in [6.07, 6.45) is 79.4. The van der Waals surface area contributed by atoms with Gasteiger partial charge in [-0.3, -0.25) is 9.59 Å². The van der Waals surface area contributed by atoms with Crippen LogP contribution in [0.25, 0.3) is 0 Å². The molecule has 0 aromatic rings. The molecule has 3 unspecified atom stereocenters. The quantitative estimate of drug-likeness (QED) is 0.0371. The number of ether oxygens (including phenoxy) is 2. The van der Waals surface area contributed by atoms with E-state index in [2.05, 4.69) is 59.9 Å². The van der Waals surface area contributed by atoms with Crippen molar-refractivity contribution in [3.63, 3.8) is 0 Å². The standard InChI is InChI=1S/C44H87NO2.C34H66O3/c1-5-9-13-17-20-22-25-31-37-43(45-40-34-28-23-21-18-14-10-6-2)38-32-26-27-33-39-44(46)47-41-42(35-29-16-12-8-4)36-30-24-19-15-11-7-3;1-4-7-10-13-15-16-18-23-28-33(35)29-24-19-20-25-30-34(36)37-31-32(26-21-12-9-6-3)27-22-17-14-11-8-5-2/h33,39,42-43,45H,5-32,34-38,40-41H2,1-4H3;32H,4-31H2,1-3H3. The summed E-state index contributed by atoms with van der Waals surface area (Å²) in [6.45, 7) is 18.3. The fraction of sp³-hybridized carbons (Fsp3) is 0.936. The smallest absolute Gasteiger partial charge is 0.330 e. The first-order valence-corrected chi connectivity index (χ1v) is 38.5. The minimum atomic E-state index is -0.133. The number of hydrogen-bond donors (Lipinski definition) is 1. The number of carbonyl (C=O) groups is 3. The summed E-state index contributed by atoms with van der Waals surface area (Å²) in [5.74, 6) is 1.35. The molecule has 0 amide bonds. The molecule has 0 fully saturated rings. The minimum Gasteiger partial charge on any atom is -0.465 e. The first-order chi connectivity index (χ1) is 41.3. The summed E-state index contributed by atoms with van der Waals surface area (Å²) in [7, 11) is 0. The third-order valence-corrected chi connectivity index (χ3v) is 18.0. The molecule has 0 spiro atoms. The van der Waals surface area contributed by atoms with E-state index in [0.29, 0.717) is 43.3 Å². The van der Waals surface area contributed by atoms with E-state index >= 15 is 0 Å². The highest BCUT2D eigenvalue weighted by molar-refractivity contribution is 5.81. The Morgan fingerprint density at radius 2 is 0.595 bits per heavy atom. The zero-order chi connectivity index (χ0) is 61.5. The number of allylic oxidation sites excluding steroid dienone is 1. The van der Waals surface area contributed by atoms with E-state index in [1.807, 2.05) is 0 Å². The normalized spacial score (nSPS) is 12.6. The van der Waals surface area contributed by atoms with E-state index in [9.17, 15) is 14.4 Å². The van der Waals surface area contributed by atoms with Crippen molar-refractivity contribution in [3.8, 4) is 0 Å². The molecule has 1 N–H and O–H groups in total. The molecule has 6 heteroatoms. The number of carbonyl (C=O) groups excluding carboxylic acids is 3. The van der Waals surface area contributed by atoms with Gasteiger partial charge in [0.1, 0.15) is 5.78 Å². The third-order valence-electron chi connectivity index (χ3n) is 18.0. The van der Waals surface area contributed by atoms with Crippen LogP contribution in [0.15, 0.2) is 12.2 Å². The predicted octanol–water partition coefficient (Wildman–Crippen LogP) is 25.9. The van der Waals surface area contributed by atoms with Gasteiger partial charge < -0.3 is 14.8 Å². The second kappa shape index (κ2) is 73.8. The van der Waals surface area contributed by atoms with Gasteiger partial charge in [0.15, 0.2) is 0 Å². The van der Waals surface area contributed by atoms with Crippen molar-refractivity contribution < 1.29 is 23.9 Å². The molecule has 0 bridgehead atoms. The Kier molecular flexibility index (Phi) is 74.1. The van der Waals surface area contributed by atoms with Crippen LogP contribution in [-0.4, -0.2) is 43.5 Å². The summed E-state index contributed by atoms with van der Waals surface area (Å²) >= 11 is 0. The van der Waals surface area contributed by atoms with Crippen LogP contribution in [0.2, 0.25) is 0 Å². The molecule has 0 aromatic heterocycles. The van der Waals surface area contributed by atoms with Crippen LogP contribution in [0, 0.1) is 11.8 Å². The molecule has 0 saturated carbocycles. The number of Topliss-reactive ketones (excluding diaryl/α,β-unsaturated/α-hetero) is 1. The monoisotopic (exact) mass is 1180 g/mol. The number of ketones is 1. The van der Waals surface area contributed by atoms with E-state index in [1.165, 1.54) is 328 Å². The van der Waals surface area contributed by atoms with Crippen LogP contribution < -0.4 is 5.32 Å². The molecule has 0 aliphatic rings. The Bertz CT molecular complexity index is 1320. The van der Waals surface area contributed by atoms with E-state index in [-0.39, 0.29) is 11.9 Å². The lowest BCUT2D eigenvalue weighted by molar-refractivity contribution is -0.145. The first-order valence-electron chi connectivity index (χ1n) is 38.5. The highest BCUT2D eigenvalue weighted by Crippen LogP contribution is 2.23. The number of rotatable bonds is 69. The zero-order valence-electron chi connectivity index (χ0n) is 58.5. The molecule has 0 aliphatic carbocycles. The Hall–Kier alpha value is -1.69. The van der Waals surface area contributed by atoms with Gasteiger partial charge in [0.2, 0.25) is 0 Å². The van der Waals surface area contributed by atoms with Gasteiger partial charge in [-0.1, -0.05) is 343 Å². The molecule has 0 heterocycles. The number of nitrogens with one attached hydrogen (secondary N) is 1. The summed E-state index contributed by atoms with van der Waals surface area (Å²) in [5, 5.41) is 3.94. The van der Waals surface area contributed by atoms with E-state index < -0.39 is 0 Å². The van der Waals surface area contributed by atoms with Gasteiger partial charge in [0.05, 0.1) is 13.2 Å². The van der Waals surface area contributed by atoms with Crippen molar-refractivity contribution in [2.24, 2.45) is 11.8 Å². The molecule has 0 aliphatic heterocycles. The Morgan fingerprint density at radius 3 is 0.976 bits per heavy atom. The molecule has 0 radical (unpaired) electrons. The lowest BCUT2D eigenvalue weighted by atomic mass is 9.95. The summed E-state index contributed by atoms with van der Waals surface area (Å²) < 4.78 is 11.5. The van der Waals surface area contributed by atoms with Crippen LogP contribution >= 0.6 is 0 Å². The van der Waals surface area contributed by atoms with Gasteiger partial charge in [-0.2, -0.15) is 0 Å². The molecule has 6 nitrogen and oxygen atoms in total. The Labute approximate surface area is 527 Å². The molecular weight excluding hydrogens is 1030 g/mol. The van der Waals surface area contributed by atoms with Gasteiger partial charge in [-0.25, -0.2) is 4.79 Å². The van der Waals surface area contributed by atoms with Gasteiger partial charge >= 0.3 is 11.9 Å². The van der Waals surface area contributed by atoms with E-state index in [1.54, 1.807) is 6.08 Å². The average molecular weight is 1190 g/mol. The maximum absolute atomic E-state index is 12.5. The molecule has 500 valence electrons. The zero-order valence-corrected chi connectivity index (χ0v) is 58.5. The van der Waals surface area contributed by atoms with Crippen molar-refractivity contribution in [2.45, 2.75) is 440 Å². The fourth-order valence-electron chi connectivity index (χ4n) is 12.1. The Balaban J connectivity index is 0. The highest BCUT2D eigenvalue weighted by atomic mass is 16.5. The van der Waals surface area contributed by atoms with Gasteiger partial charge in [-0.05, 0) is 95.4 Å². The number of unbranched alkanes of at least 4 members (excludes halogenated alkanes) is 42. The SMILES string of the molecule is CCCCCCCCCCC(=O)CCCCCCC(=O)OCC(CCCCCC)CCCCCCCC.CCCCCCCCCCNC(CCCCC=CC(=O)OCC(CCCCCC)CCCCCCCC)CCCCCCCCCC. The maximum atomic E-state index is 12.5. The van der Waals surface area contributed by atoms with Crippen LogP contribution in [0.3, 0.4) is 0 Å². The van der Waals surface area contributed by atoms with Crippen molar-refractivity contribution in [2.75, 3.05) is 19.8 Å². The molecule has 0 rings (SSSR count). The minimum absolute atomic E-state index is 0.0210. The largest absolute Gasteiger partial charge is 0.465 e. The number of esters is 2. The fourth-order valence-corrected chi connectivity index (χ4v) is 12.1. The van der Waals surface area contributed by atoms with E-state index in [4.69, 9.17) is 9.47 Å². The molecule has 0 aromatic carbocycles. The molecule has 0 saturated heterocycles. The summed E-state index contributed by atoms with van der Waals surface area (Å²) in [4.78, 5) is 36.9. The second-order valence-electron chi connectivity index (χ2n) is 26.6. The Morgan fingerprint density at radius 1 is 0.310 bits per heavy atom. The van der Waals surface area contributed by atoms with Crippen molar-refractivity contribution >= 4 is 17.7 Å². The van der Waals surface area contributed by atoms with Gasteiger partial charge in [0, 0.05) is 31.4 Å². The lowest BCUT2D eigenvalue weighted by Crippen LogP contribution is -2.30. The average Bonchev–Trinajstić information content (AvgIpc) is 3.51. The van der Waals surface area contributed by atoms with Crippen molar-refractivity contribution in [3.05, 3.63) is 12.2 Å². The topological polar surface area (TPSA) is 81.7 Å². The molecular formula is C78H153NO5. The third kappa shape index (κ3) is 69.4. The second-order valence-corrected chi connectivity index (χ2v) is 26.6. The molecule has 3 atom stereocenters. The van der Waals surface area contributed by atoms with Gasteiger partial charge in [-0.15, -0.1) is 0 Å². The lowest BCUT2D eigenvalue weighted by Gasteiger charge is -2.19. The van der Waals surface area contributed by atoms with E-state index in [0.717, 1.165) is 57.8 Å². The number of hydrogen-bond acceptors (Lipinski definition) is 6. The summed E-state index contributed by atoms with van der Waals surface area (Å²) in [5.41, 5.74) is 0. The van der Waals surface area contributed by atoms with Gasteiger partial charge in [0.25, 0.3) is 0 Å². The highest BCUT2D eigenvalue weighted by Gasteiger charge is 2.14.